The molecule has 2 fully saturated rings. The first-order valence-corrected chi connectivity index (χ1v) is 37.1. The summed E-state index contributed by atoms with van der Waals surface area (Å²) in [7, 11) is 2.74. The molecule has 8 amide bonds. The van der Waals surface area contributed by atoms with Gasteiger partial charge in [-0.1, -0.05) is 56.3 Å². The number of carbonyl (C=O) groups excluding carboxylic acids is 8. The number of likely N-dealkylation sites (N-methyl/N-ethyl adjacent to an activating group) is 1. The third-order valence-corrected chi connectivity index (χ3v) is 20.7. The van der Waals surface area contributed by atoms with Crippen molar-refractivity contribution in [2.24, 2.45) is 11.7 Å². The Morgan fingerprint density at radius 1 is 0.726 bits per heavy atom. The van der Waals surface area contributed by atoms with Crippen molar-refractivity contribution in [2.75, 3.05) is 20.8 Å². The first-order valence-electron chi connectivity index (χ1n) is 37.1. The topological polar surface area (TPSA) is 572 Å². The Morgan fingerprint density at radius 3 is 1.99 bits per heavy atom. The zero-order valence-corrected chi connectivity index (χ0v) is 63.6. The number of carboxylic acids is 1. The molecule has 0 radical (unpaired) electrons. The molecule has 18 atom stereocenters. The average Bonchev–Trinajstić information content (AvgIpc) is 1.09. The number of phenols is 3. The van der Waals surface area contributed by atoms with E-state index < -0.39 is 232 Å². The Bertz CT molecular complexity index is 4850. The molecule has 0 saturated carbocycles. The summed E-state index contributed by atoms with van der Waals surface area (Å²) in [5.74, 6) is -15.4. The summed E-state index contributed by atoms with van der Waals surface area (Å²) in [5, 5.41) is 133. The molecule has 20 N–H and O–H groups in total. The standard InChI is InChI=1S/C79H89N11O27/c1-34(2)21-49(90(5)78(109)111-32-36-7-14-43(110-6)15-8-36)71(102)88-61-63(96)37-9-16-44(17-10-37)113-52-23-40-24-53(68(52)117-77-66(99)65(98)64(97)54(31-91)115-77)114-45-18-11-38(12-19-45)67(116-56-28-79(4,69(100)35(3)112-56)83-30-41-29-81-33-82-41)62-75(106)87-60(76(107)108)47-25-42(92)26-51(94)57(47)46-22-39(13-20-50(46)93)58(72(103)89-62)86-73(104)59(40)85-70(101)48(27-55(80)95)84-74(61)105/h7-20,22-26,29,33-35,48-49,54,56,58-67,69,77,83,91-94,96-100H,21,27-28,30-32H2,1-6H3,(H2,80,95)(H,81,82)(H,84,105)(H,85,101)(H,86,104)(H,87,106)(H,88,102)(H,89,103)(H,107,108)/t35-,48-,49+,54+,56?,58?,59+,60+,61+,62-,63+,64+,65-,66+,67+,69-,77-,79-/m0/s1. The van der Waals surface area contributed by atoms with Crippen LogP contribution in [0.3, 0.4) is 0 Å². The second kappa shape index (κ2) is 35.5. The summed E-state index contributed by atoms with van der Waals surface area (Å²) in [6.45, 7) is 5.55. The van der Waals surface area contributed by atoms with Crippen LogP contribution in [0, 0.1) is 5.92 Å². The molecule has 38 nitrogen and oxygen atoms in total. The van der Waals surface area contributed by atoms with Crippen molar-refractivity contribution >= 4 is 53.4 Å². The highest BCUT2D eigenvalue weighted by atomic mass is 16.7. The van der Waals surface area contributed by atoms with E-state index >= 15 is 24.0 Å². The molecular weight excluding hydrogens is 1530 g/mol. The van der Waals surface area contributed by atoms with E-state index in [2.05, 4.69) is 47.2 Å². The SMILES string of the molecule is COc1ccc(COC(=O)N(C)[C@H](CC(C)C)C(=O)N[C@H]2C(=O)N[C@@H](CC(N)=O)C(=O)N[C@H]3C(=O)NC4C(=O)N[C@H](C(=O)N[C@@H](C(=O)O)c5cc(O)cc(O)c5-c5cc4ccc5O)[C@H](OC4C[C@](C)(NCc5c[nH]cn5)[C@@H](O)[C@H](C)O4)c4ccc(cc4)Oc4cc3cc(c4O[C@@H]3O[C@H](CO)[C@@H](O)[C@H](O)[C@H]3O)Oc3ccc(cc3)[C@H]2O)cc1. The summed E-state index contributed by atoms with van der Waals surface area (Å²) >= 11 is 0. The van der Waals surface area contributed by atoms with Crippen LogP contribution in [0.25, 0.3) is 11.1 Å². The van der Waals surface area contributed by atoms with E-state index in [1.807, 2.05) is 0 Å². The van der Waals surface area contributed by atoms with Gasteiger partial charge in [-0.25, -0.2) is 14.6 Å². The number of imidazole rings is 1. The predicted molar refractivity (Wildman–Crippen MR) is 402 cm³/mol. The number of phenolic OH excluding ortho intramolecular Hbond substituents is 3. The minimum atomic E-state index is -2.35. The number of aromatic nitrogens is 2. The number of hydrogen-bond donors (Lipinski definition) is 19. The van der Waals surface area contributed by atoms with E-state index in [0.29, 0.717) is 17.0 Å². The van der Waals surface area contributed by atoms with Gasteiger partial charge in [-0.3, -0.25) is 38.5 Å². The fraction of sp³-hybridized carbons (Fsp3) is 0.392. The number of nitrogens with zero attached hydrogens (tertiary/aromatic N) is 2. The van der Waals surface area contributed by atoms with E-state index in [1.165, 1.54) is 75.9 Å². The number of aliphatic hydroxyl groups is 6. The molecule has 2 unspecified atom stereocenters. The zero-order chi connectivity index (χ0) is 84.2. The molecule has 0 spiro atoms. The van der Waals surface area contributed by atoms with Gasteiger partial charge in [0.2, 0.25) is 53.4 Å². The second-order valence-electron chi connectivity index (χ2n) is 29.5. The molecule has 7 aromatic rings. The Labute approximate surface area is 666 Å². The van der Waals surface area contributed by atoms with Gasteiger partial charge in [0.25, 0.3) is 0 Å². The average molecular weight is 1620 g/mol. The van der Waals surface area contributed by atoms with Gasteiger partial charge in [-0.15, -0.1) is 0 Å². The third kappa shape index (κ3) is 18.7. The minimum Gasteiger partial charge on any atom is -0.508 e. The molecule has 622 valence electrons. The molecule has 6 aromatic carbocycles. The number of aliphatic carboxylic acids is 1. The molecule has 7 aliphatic heterocycles. The number of fused-ring (bicyclic) bond motifs is 15. The van der Waals surface area contributed by atoms with Gasteiger partial charge in [-0.2, -0.15) is 0 Å². The summed E-state index contributed by atoms with van der Waals surface area (Å²) in [6.07, 6.45) is -17.0. The number of aliphatic hydroxyl groups excluding tert-OH is 6. The summed E-state index contributed by atoms with van der Waals surface area (Å²) in [4.78, 5) is 143. The number of H-pyrrole nitrogens is 1. The number of hydrogen-bond acceptors (Lipinski definition) is 28. The van der Waals surface area contributed by atoms with Gasteiger partial charge in [0, 0.05) is 54.5 Å². The van der Waals surface area contributed by atoms with Crippen molar-refractivity contribution in [2.45, 2.75) is 169 Å². The van der Waals surface area contributed by atoms with Crippen molar-refractivity contribution in [3.05, 3.63) is 167 Å². The highest BCUT2D eigenvalue weighted by Crippen LogP contribution is 2.49. The van der Waals surface area contributed by atoms with Gasteiger partial charge < -0.3 is 137 Å². The fourth-order valence-electron chi connectivity index (χ4n) is 14.4. The minimum absolute atomic E-state index is 0.0287. The van der Waals surface area contributed by atoms with Crippen LogP contribution in [0.15, 0.2) is 128 Å². The molecule has 117 heavy (non-hydrogen) atoms. The second-order valence-corrected chi connectivity index (χ2v) is 29.5. The largest absolute Gasteiger partial charge is 0.508 e. The quantitative estimate of drug-likeness (QED) is 0.0544. The number of benzene rings is 6. The Kier molecular flexibility index (Phi) is 25.5. The van der Waals surface area contributed by atoms with Gasteiger partial charge >= 0.3 is 12.1 Å². The lowest BCUT2D eigenvalue weighted by Gasteiger charge is -2.46. The summed E-state index contributed by atoms with van der Waals surface area (Å²) in [6, 6.07) is 8.87. The third-order valence-electron chi connectivity index (χ3n) is 20.7. The molecule has 7 aliphatic rings. The molecule has 1 aromatic heterocycles. The van der Waals surface area contributed by atoms with Crippen LogP contribution in [-0.4, -0.2) is 219 Å². The van der Waals surface area contributed by atoms with E-state index in [0.717, 1.165) is 47.4 Å². The molecular formula is C79H89N11O27. The smallest absolute Gasteiger partial charge is 0.410 e. The number of rotatable bonds is 19. The lowest BCUT2D eigenvalue weighted by atomic mass is 9.85. The van der Waals surface area contributed by atoms with Crippen molar-refractivity contribution in [3.8, 4) is 62.9 Å². The van der Waals surface area contributed by atoms with Gasteiger partial charge in [-0.05, 0) is 121 Å². The van der Waals surface area contributed by atoms with Crippen LogP contribution < -0.4 is 61.9 Å². The van der Waals surface area contributed by atoms with E-state index in [4.69, 9.17) is 43.6 Å². The van der Waals surface area contributed by atoms with Crippen LogP contribution in [-0.2, 0) is 70.5 Å². The van der Waals surface area contributed by atoms with Crippen LogP contribution in [0.2, 0.25) is 0 Å². The fourth-order valence-corrected chi connectivity index (χ4v) is 14.4. The van der Waals surface area contributed by atoms with Gasteiger partial charge in [0.1, 0.15) is 114 Å². The molecule has 38 heteroatoms. The molecule has 2 saturated heterocycles. The number of primary amides is 1. The number of methoxy groups -OCH3 is 1. The molecule has 14 rings (SSSR count). The van der Waals surface area contributed by atoms with Gasteiger partial charge in [0.15, 0.2) is 23.8 Å². The Morgan fingerprint density at radius 2 is 1.37 bits per heavy atom. The summed E-state index contributed by atoms with van der Waals surface area (Å²) in [5.41, 5.74) is 3.12. The number of ether oxygens (including phenoxy) is 8. The number of aromatic hydroxyl groups is 3. The number of carboxylic acid groups (broad SMARTS) is 1. The van der Waals surface area contributed by atoms with E-state index in [1.54, 1.807) is 51.2 Å². The number of carbonyl (C=O) groups is 9. The van der Waals surface area contributed by atoms with Crippen molar-refractivity contribution < 1.29 is 132 Å². The van der Waals surface area contributed by atoms with Crippen molar-refractivity contribution in [3.63, 3.8) is 0 Å². The Balaban J connectivity index is 1.03. The highest BCUT2D eigenvalue weighted by molar-refractivity contribution is 6.00. The van der Waals surface area contributed by atoms with Crippen molar-refractivity contribution in [1.29, 1.82) is 0 Å². The van der Waals surface area contributed by atoms with E-state index in [-0.39, 0.29) is 60.1 Å². The number of nitrogens with two attached hydrogens (primary N) is 1. The molecule has 8 heterocycles. The summed E-state index contributed by atoms with van der Waals surface area (Å²) < 4.78 is 49.6. The van der Waals surface area contributed by atoms with Gasteiger partial charge in [0.05, 0.1) is 44.4 Å². The first-order chi connectivity index (χ1) is 55.7. The molecule has 11 bridgehead atoms. The van der Waals surface area contributed by atoms with Crippen LogP contribution in [0.5, 0.6) is 51.7 Å². The first kappa shape index (κ1) is 84.2. The highest BCUT2D eigenvalue weighted by Gasteiger charge is 2.50. The van der Waals surface area contributed by atoms with Crippen LogP contribution in [0.1, 0.15) is 116 Å². The Hall–Kier alpha value is -12.2. The van der Waals surface area contributed by atoms with Crippen LogP contribution in [0.4, 0.5) is 4.79 Å². The van der Waals surface area contributed by atoms with E-state index in [9.17, 15) is 70.2 Å². The maximum atomic E-state index is 16.4. The normalized spacial score (nSPS) is 26.9. The maximum absolute atomic E-state index is 16.4. The predicted octanol–water partition coefficient (Wildman–Crippen LogP) is 1.41. The number of amides is 8. The molecule has 0 aliphatic carbocycles. The number of nitrogens with one attached hydrogen (secondary N) is 8. The van der Waals surface area contributed by atoms with Crippen molar-refractivity contribution in [1.82, 2.24) is 52.1 Å². The lowest BCUT2D eigenvalue weighted by Crippen LogP contribution is -2.63. The zero-order valence-electron chi connectivity index (χ0n) is 63.6. The lowest BCUT2D eigenvalue weighted by molar-refractivity contribution is -0.277. The maximum Gasteiger partial charge on any atom is 0.410 e. The van der Waals surface area contributed by atoms with Crippen LogP contribution >= 0.6 is 0 Å². The number of aromatic amines is 1. The monoisotopic (exact) mass is 1620 g/mol.